The number of esters is 1. The van der Waals surface area contributed by atoms with Crippen LogP contribution in [0.25, 0.3) is 10.9 Å². The van der Waals surface area contributed by atoms with Crippen molar-refractivity contribution in [3.8, 4) is 0 Å². The minimum atomic E-state index is -0.377. The number of rotatable bonds is 7. The van der Waals surface area contributed by atoms with Crippen LogP contribution in [0.15, 0.2) is 110 Å². The van der Waals surface area contributed by atoms with Gasteiger partial charge >= 0.3 is 5.97 Å². The summed E-state index contributed by atoms with van der Waals surface area (Å²) >= 11 is 0. The molecule has 5 atom stereocenters. The van der Waals surface area contributed by atoms with Gasteiger partial charge in [-0.05, 0) is 30.2 Å². The molecule has 37 heavy (non-hydrogen) atoms. The summed E-state index contributed by atoms with van der Waals surface area (Å²) in [6, 6.07) is 30.5. The van der Waals surface area contributed by atoms with Crippen molar-refractivity contribution in [2.75, 3.05) is 13.1 Å². The Kier molecular flexibility index (Phi) is 6.35. The third kappa shape index (κ3) is 4.47. The van der Waals surface area contributed by atoms with E-state index in [0.29, 0.717) is 17.4 Å². The lowest BCUT2D eigenvalue weighted by atomic mass is 9.71. The molecular weight excluding hydrogens is 456 g/mol. The molecule has 4 heteroatoms. The van der Waals surface area contributed by atoms with Crippen LogP contribution in [0, 0.1) is 11.8 Å². The number of carbonyl (C=O) groups excluding carboxylic acids is 1. The van der Waals surface area contributed by atoms with Crippen LogP contribution in [-0.4, -0.2) is 34.6 Å². The molecule has 0 unspecified atom stereocenters. The number of ether oxygens (including phenoxy) is 1. The highest BCUT2D eigenvalue weighted by atomic mass is 16.5. The van der Waals surface area contributed by atoms with Gasteiger partial charge in [0.05, 0.1) is 24.2 Å². The number of nitrogens with zero attached hydrogens (tertiary/aromatic N) is 2. The average molecular weight is 490 g/mol. The normalized spacial score (nSPS) is 25.5. The number of pyridine rings is 1. The van der Waals surface area contributed by atoms with Crippen LogP contribution in [-0.2, 0) is 11.3 Å². The van der Waals surface area contributed by atoms with Gasteiger partial charge in [0.15, 0.2) is 6.10 Å². The number of hydrogen-bond acceptors (Lipinski definition) is 3. The third-order valence-corrected chi connectivity index (χ3v) is 8.60. The van der Waals surface area contributed by atoms with Crippen molar-refractivity contribution in [3.05, 3.63) is 127 Å². The monoisotopic (exact) mass is 489 g/mol. The van der Waals surface area contributed by atoms with Crippen LogP contribution in [0.2, 0.25) is 0 Å². The van der Waals surface area contributed by atoms with Gasteiger partial charge in [-0.25, -0.2) is 4.79 Å². The summed E-state index contributed by atoms with van der Waals surface area (Å²) in [7, 11) is 0. The van der Waals surface area contributed by atoms with E-state index in [1.807, 2.05) is 54.7 Å². The van der Waals surface area contributed by atoms with Gasteiger partial charge in [-0.3, -0.25) is 4.98 Å². The van der Waals surface area contributed by atoms with E-state index in [-0.39, 0.29) is 18.1 Å². The molecule has 3 fully saturated rings. The number of hydrogen-bond donors (Lipinski definition) is 0. The van der Waals surface area contributed by atoms with Gasteiger partial charge in [0.25, 0.3) is 0 Å². The highest BCUT2D eigenvalue weighted by molar-refractivity contribution is 5.90. The number of para-hydroxylation sites is 1. The minimum absolute atomic E-state index is 0.147. The Balaban J connectivity index is 1.47. The molecule has 3 aromatic carbocycles. The van der Waals surface area contributed by atoms with Crippen LogP contribution in [0.5, 0.6) is 0 Å². The zero-order chi connectivity index (χ0) is 25.2. The molecule has 2 bridgehead atoms. The number of piperidine rings is 3. The largest absolute Gasteiger partial charge is 0.447 e. The number of fused-ring (bicyclic) bond motifs is 4. The Labute approximate surface area is 218 Å². The van der Waals surface area contributed by atoms with Gasteiger partial charge in [0.2, 0.25) is 0 Å². The molecule has 4 heterocycles. The molecule has 0 spiro atoms. The lowest BCUT2D eigenvalue weighted by Gasteiger charge is -2.58. The SMILES string of the molecule is C=C[C@H]1C[N@+]2(Cc3ccccc3)CC[C@H]1C[C@@H]2[C@H](OC(=O)c1ccccc1)c1ccnc2ccccc12. The smallest absolute Gasteiger partial charge is 0.338 e. The third-order valence-electron chi connectivity index (χ3n) is 8.60. The Morgan fingerprint density at radius 1 is 1.00 bits per heavy atom. The van der Waals surface area contributed by atoms with Gasteiger partial charge in [-0.15, -0.1) is 6.58 Å². The predicted molar refractivity (Wildman–Crippen MR) is 147 cm³/mol. The van der Waals surface area contributed by atoms with E-state index < -0.39 is 0 Å². The highest BCUT2D eigenvalue weighted by Gasteiger charge is 2.55. The fourth-order valence-corrected chi connectivity index (χ4v) is 6.78. The molecule has 0 radical (unpaired) electrons. The van der Waals surface area contributed by atoms with E-state index in [9.17, 15) is 4.79 Å². The second kappa shape index (κ2) is 9.95. The Hall–Kier alpha value is -3.76. The standard InChI is InChI=1S/C33H33N2O2/c1-2-25-23-35(22-24-11-5-3-6-12-24)20-18-27(25)21-31(35)32(37-33(36)26-13-7-4-8-14-26)29-17-19-34-30-16-10-9-15-28(29)30/h2-17,19,25,27,31-32H,1,18,20-23H2/q+1/t25-,27-,31+,32+,35+/m0/s1. The maximum atomic E-state index is 13.5. The van der Waals surface area contributed by atoms with E-state index in [1.165, 1.54) is 12.0 Å². The summed E-state index contributed by atoms with van der Waals surface area (Å²) in [5.41, 5.74) is 3.88. The van der Waals surface area contributed by atoms with E-state index >= 15 is 0 Å². The van der Waals surface area contributed by atoms with Gasteiger partial charge in [0, 0.05) is 41.5 Å². The Bertz CT molecular complexity index is 1400. The van der Waals surface area contributed by atoms with Crippen molar-refractivity contribution >= 4 is 16.9 Å². The minimum Gasteiger partial charge on any atom is -0.447 e. The molecule has 4 nitrogen and oxygen atoms in total. The zero-order valence-electron chi connectivity index (χ0n) is 21.1. The van der Waals surface area contributed by atoms with Crippen molar-refractivity contribution in [2.24, 2.45) is 11.8 Å². The first-order chi connectivity index (χ1) is 18.2. The van der Waals surface area contributed by atoms with Gasteiger partial charge in [-0.2, -0.15) is 0 Å². The number of quaternary nitrogens is 1. The molecule has 3 aliphatic heterocycles. The van der Waals surface area contributed by atoms with Crippen molar-refractivity contribution < 1.29 is 14.0 Å². The average Bonchev–Trinajstić information content (AvgIpc) is 2.96. The highest BCUT2D eigenvalue weighted by Crippen LogP contribution is 2.49. The maximum absolute atomic E-state index is 13.5. The van der Waals surface area contributed by atoms with E-state index in [4.69, 9.17) is 4.74 Å². The van der Waals surface area contributed by atoms with Gasteiger partial charge < -0.3 is 9.22 Å². The fourth-order valence-electron chi connectivity index (χ4n) is 6.78. The summed E-state index contributed by atoms with van der Waals surface area (Å²) in [4.78, 5) is 18.1. The van der Waals surface area contributed by atoms with E-state index in [1.54, 1.807) is 0 Å². The van der Waals surface area contributed by atoms with Crippen LogP contribution in [0.4, 0.5) is 0 Å². The molecule has 4 aromatic rings. The van der Waals surface area contributed by atoms with Crippen LogP contribution in [0.3, 0.4) is 0 Å². The van der Waals surface area contributed by atoms with Crippen molar-refractivity contribution in [2.45, 2.75) is 31.5 Å². The summed E-state index contributed by atoms with van der Waals surface area (Å²) < 4.78 is 7.45. The molecule has 0 saturated carbocycles. The van der Waals surface area contributed by atoms with Crippen molar-refractivity contribution in [1.82, 2.24) is 4.98 Å². The predicted octanol–water partition coefficient (Wildman–Crippen LogP) is 6.74. The van der Waals surface area contributed by atoms with Crippen LogP contribution >= 0.6 is 0 Å². The van der Waals surface area contributed by atoms with Crippen molar-refractivity contribution in [1.29, 1.82) is 0 Å². The summed E-state index contributed by atoms with van der Waals surface area (Å²) in [6.45, 7) is 7.22. The second-order valence-electron chi connectivity index (χ2n) is 10.6. The van der Waals surface area contributed by atoms with Gasteiger partial charge in [0.1, 0.15) is 12.6 Å². The molecule has 1 aromatic heterocycles. The first-order valence-electron chi connectivity index (χ1n) is 13.3. The number of benzene rings is 3. The maximum Gasteiger partial charge on any atom is 0.338 e. The van der Waals surface area contributed by atoms with Gasteiger partial charge in [-0.1, -0.05) is 72.8 Å². The molecule has 186 valence electrons. The molecule has 7 rings (SSSR count). The molecule has 0 aliphatic carbocycles. The van der Waals surface area contributed by atoms with Crippen molar-refractivity contribution in [3.63, 3.8) is 0 Å². The van der Waals surface area contributed by atoms with Crippen LogP contribution in [0.1, 0.15) is 40.4 Å². The Morgan fingerprint density at radius 3 is 2.51 bits per heavy atom. The Morgan fingerprint density at radius 2 is 1.73 bits per heavy atom. The topological polar surface area (TPSA) is 39.2 Å². The quantitative estimate of drug-likeness (QED) is 0.164. The summed E-state index contributed by atoms with van der Waals surface area (Å²) in [5.74, 6) is 0.768. The van der Waals surface area contributed by atoms with E-state index in [2.05, 4.69) is 60.1 Å². The lowest BCUT2D eigenvalue weighted by Crippen LogP contribution is -2.67. The molecule has 0 amide bonds. The number of aromatic nitrogens is 1. The second-order valence-corrected chi connectivity index (χ2v) is 10.6. The molecular formula is C33H33N2O2+. The molecule has 3 aliphatic rings. The zero-order valence-corrected chi connectivity index (χ0v) is 21.1. The fraction of sp³-hybridized carbons (Fsp3) is 0.273. The first kappa shape index (κ1) is 23.6. The van der Waals surface area contributed by atoms with E-state index in [0.717, 1.165) is 47.0 Å². The summed E-state index contributed by atoms with van der Waals surface area (Å²) in [5, 5.41) is 1.05. The molecule has 0 N–H and O–H groups in total. The number of carbonyl (C=O) groups is 1. The molecule has 3 saturated heterocycles. The lowest BCUT2D eigenvalue weighted by molar-refractivity contribution is -0.984. The van der Waals surface area contributed by atoms with Crippen LogP contribution < -0.4 is 0 Å². The first-order valence-corrected chi connectivity index (χ1v) is 13.3. The summed E-state index contributed by atoms with van der Waals surface area (Å²) in [6.07, 6.45) is 5.82.